The van der Waals surface area contributed by atoms with Crippen molar-refractivity contribution in [2.24, 2.45) is 4.99 Å². The Labute approximate surface area is 152 Å². The van der Waals surface area contributed by atoms with Gasteiger partial charge in [0.2, 0.25) is 0 Å². The summed E-state index contributed by atoms with van der Waals surface area (Å²) in [4.78, 5) is 16.9. The molecule has 2 rings (SSSR count). The topological polar surface area (TPSA) is 50.7 Å². The summed E-state index contributed by atoms with van der Waals surface area (Å²) in [6.45, 7) is 7.65. The highest BCUT2D eigenvalue weighted by Crippen LogP contribution is 2.27. The molecule has 1 amide bonds. The number of hydrogen-bond donors (Lipinski definition) is 1. The molecule has 1 aromatic carbocycles. The van der Waals surface area contributed by atoms with Crippen molar-refractivity contribution in [2.45, 2.75) is 26.2 Å². The van der Waals surface area contributed by atoms with Gasteiger partial charge in [-0.3, -0.25) is 9.79 Å². The number of methoxy groups -OCH3 is 1. The zero-order valence-electron chi connectivity index (χ0n) is 13.9. The highest BCUT2D eigenvalue weighted by atomic mass is 79.9. The average Bonchev–Trinajstić information content (AvgIpc) is 2.79. The maximum Gasteiger partial charge on any atom is 0.264 e. The Morgan fingerprint density at radius 2 is 1.91 bits per heavy atom. The van der Waals surface area contributed by atoms with Crippen LogP contribution in [0.5, 0.6) is 0 Å². The Bertz CT molecular complexity index is 604. The minimum absolute atomic E-state index is 0. The quantitative estimate of drug-likeness (QED) is 0.620. The zero-order valence-corrected chi connectivity index (χ0v) is 16.4. The summed E-state index contributed by atoms with van der Waals surface area (Å²) in [5.41, 5.74) is 2.43. The second kappa shape index (κ2) is 8.66. The Balaban J connectivity index is 0.00000264. The van der Waals surface area contributed by atoms with Crippen molar-refractivity contribution in [3.05, 3.63) is 40.3 Å². The standard InChI is InChI=1S/C17H22N2O2S.BrH/c1-17(2,3)13-7-5-12(6-8-13)11-14-15(20)19-16(22-14)18-9-10-21-4;/h5-8,11H,9-10H2,1-4H3,(H,18,19,20);1H. The number of hydrogen-bond acceptors (Lipinski definition) is 4. The van der Waals surface area contributed by atoms with E-state index in [0.29, 0.717) is 23.2 Å². The Morgan fingerprint density at radius 3 is 2.48 bits per heavy atom. The molecule has 0 unspecified atom stereocenters. The van der Waals surface area contributed by atoms with Gasteiger partial charge in [0.15, 0.2) is 5.17 Å². The van der Waals surface area contributed by atoms with Gasteiger partial charge >= 0.3 is 0 Å². The van der Waals surface area contributed by atoms with Gasteiger partial charge in [-0.15, -0.1) is 17.0 Å². The third-order valence-corrected chi connectivity index (χ3v) is 4.22. The number of amidine groups is 1. The van der Waals surface area contributed by atoms with Crippen LogP contribution in [0.3, 0.4) is 0 Å². The van der Waals surface area contributed by atoms with E-state index < -0.39 is 0 Å². The van der Waals surface area contributed by atoms with Gasteiger partial charge in [0.1, 0.15) is 0 Å². The largest absolute Gasteiger partial charge is 0.383 e. The maximum absolute atomic E-state index is 11.9. The minimum Gasteiger partial charge on any atom is -0.383 e. The Hall–Kier alpha value is -1.11. The van der Waals surface area contributed by atoms with Crippen LogP contribution in [0.15, 0.2) is 34.2 Å². The van der Waals surface area contributed by atoms with Crippen LogP contribution < -0.4 is 5.32 Å². The molecule has 4 nitrogen and oxygen atoms in total. The first-order valence-corrected chi connectivity index (χ1v) is 8.06. The number of benzene rings is 1. The van der Waals surface area contributed by atoms with Crippen molar-refractivity contribution < 1.29 is 9.53 Å². The molecule has 6 heteroatoms. The Kier molecular flexibility index (Phi) is 7.51. The molecule has 1 aliphatic heterocycles. The number of ether oxygens (including phenoxy) is 1. The van der Waals surface area contributed by atoms with Gasteiger partial charge in [-0.2, -0.15) is 0 Å². The summed E-state index contributed by atoms with van der Waals surface area (Å²) in [7, 11) is 1.63. The highest BCUT2D eigenvalue weighted by molar-refractivity contribution is 8.93. The molecule has 1 fully saturated rings. The fourth-order valence-electron chi connectivity index (χ4n) is 1.97. The third-order valence-electron chi connectivity index (χ3n) is 3.28. The highest BCUT2D eigenvalue weighted by Gasteiger charge is 2.23. The summed E-state index contributed by atoms with van der Waals surface area (Å²) in [6.07, 6.45) is 1.89. The van der Waals surface area contributed by atoms with E-state index in [4.69, 9.17) is 4.74 Å². The van der Waals surface area contributed by atoms with Gasteiger partial charge in [0, 0.05) is 7.11 Å². The van der Waals surface area contributed by atoms with Gasteiger partial charge in [-0.05, 0) is 34.4 Å². The van der Waals surface area contributed by atoms with Crippen molar-refractivity contribution in [3.8, 4) is 0 Å². The third kappa shape index (κ3) is 5.79. The van der Waals surface area contributed by atoms with E-state index in [1.165, 1.54) is 17.3 Å². The lowest BCUT2D eigenvalue weighted by molar-refractivity contribution is -0.115. The molecule has 1 N–H and O–H groups in total. The fraction of sp³-hybridized carbons (Fsp3) is 0.412. The summed E-state index contributed by atoms with van der Waals surface area (Å²) in [6, 6.07) is 8.30. The van der Waals surface area contributed by atoms with Crippen LogP contribution in [0.4, 0.5) is 0 Å². The number of nitrogens with zero attached hydrogens (tertiary/aromatic N) is 1. The van der Waals surface area contributed by atoms with Crippen LogP contribution >= 0.6 is 28.7 Å². The van der Waals surface area contributed by atoms with Crippen LogP contribution in [-0.2, 0) is 14.9 Å². The number of nitrogens with one attached hydrogen (secondary N) is 1. The monoisotopic (exact) mass is 398 g/mol. The number of aliphatic imine (C=N–C) groups is 1. The second-order valence-corrected chi connectivity index (χ2v) is 7.15. The molecular formula is C17H23BrN2O2S. The lowest BCUT2D eigenvalue weighted by Crippen LogP contribution is -2.20. The number of amides is 1. The van der Waals surface area contributed by atoms with E-state index in [9.17, 15) is 4.79 Å². The Morgan fingerprint density at radius 1 is 1.26 bits per heavy atom. The van der Waals surface area contributed by atoms with Gasteiger partial charge in [-0.25, -0.2) is 0 Å². The molecule has 0 aliphatic carbocycles. The van der Waals surface area contributed by atoms with Gasteiger partial charge in [0.05, 0.1) is 18.1 Å². The number of thioether (sulfide) groups is 1. The minimum atomic E-state index is -0.0962. The molecule has 1 aliphatic rings. The molecule has 126 valence electrons. The predicted octanol–water partition coefficient (Wildman–Crippen LogP) is 3.77. The summed E-state index contributed by atoms with van der Waals surface area (Å²) in [5, 5.41) is 3.41. The van der Waals surface area contributed by atoms with Gasteiger partial charge in [-0.1, -0.05) is 45.0 Å². The first-order chi connectivity index (χ1) is 10.4. The summed E-state index contributed by atoms with van der Waals surface area (Å²) in [5.74, 6) is -0.0962. The molecule has 1 aromatic rings. The molecule has 23 heavy (non-hydrogen) atoms. The second-order valence-electron chi connectivity index (χ2n) is 6.12. The molecular weight excluding hydrogens is 376 g/mol. The van der Waals surface area contributed by atoms with Crippen molar-refractivity contribution in [1.82, 2.24) is 5.32 Å². The van der Waals surface area contributed by atoms with Crippen molar-refractivity contribution >= 4 is 45.9 Å². The van der Waals surface area contributed by atoms with Crippen molar-refractivity contribution in [1.29, 1.82) is 0 Å². The van der Waals surface area contributed by atoms with E-state index >= 15 is 0 Å². The SMILES string of the molecule is Br.COCCN=C1NC(=O)C(=Cc2ccc(C(C)(C)C)cc2)S1. The zero-order chi connectivity index (χ0) is 16.2. The van der Waals surface area contributed by atoms with Gasteiger partial charge < -0.3 is 10.1 Å². The van der Waals surface area contributed by atoms with Crippen LogP contribution in [0.1, 0.15) is 31.9 Å². The molecule has 0 radical (unpaired) electrons. The van der Waals surface area contributed by atoms with Crippen molar-refractivity contribution in [3.63, 3.8) is 0 Å². The van der Waals surface area contributed by atoms with Crippen LogP contribution in [0.25, 0.3) is 6.08 Å². The molecule has 0 saturated carbocycles. The number of carbonyl (C=O) groups is 1. The van der Waals surface area contributed by atoms with Crippen molar-refractivity contribution in [2.75, 3.05) is 20.3 Å². The average molecular weight is 399 g/mol. The van der Waals surface area contributed by atoms with E-state index in [1.807, 2.05) is 18.2 Å². The summed E-state index contributed by atoms with van der Waals surface area (Å²) < 4.78 is 4.95. The number of rotatable bonds is 4. The molecule has 0 bridgehead atoms. The predicted molar refractivity (Wildman–Crippen MR) is 103 cm³/mol. The summed E-state index contributed by atoms with van der Waals surface area (Å²) >= 11 is 1.37. The molecule has 0 spiro atoms. The number of carbonyl (C=O) groups excluding carboxylic acids is 1. The van der Waals surface area contributed by atoms with Crippen LogP contribution in [0, 0.1) is 0 Å². The van der Waals surface area contributed by atoms with E-state index in [0.717, 1.165) is 5.56 Å². The normalized spacial score (nSPS) is 18.2. The van der Waals surface area contributed by atoms with Crippen LogP contribution in [-0.4, -0.2) is 31.3 Å². The molecule has 1 heterocycles. The van der Waals surface area contributed by atoms with E-state index in [-0.39, 0.29) is 28.3 Å². The van der Waals surface area contributed by atoms with E-state index in [2.05, 4.69) is 43.2 Å². The lowest BCUT2D eigenvalue weighted by Gasteiger charge is -2.18. The first kappa shape index (κ1) is 19.9. The number of halogens is 1. The van der Waals surface area contributed by atoms with E-state index in [1.54, 1.807) is 7.11 Å². The fourth-order valence-corrected chi connectivity index (χ4v) is 2.82. The maximum atomic E-state index is 11.9. The first-order valence-electron chi connectivity index (χ1n) is 7.25. The molecule has 1 saturated heterocycles. The van der Waals surface area contributed by atoms with Crippen LogP contribution in [0.2, 0.25) is 0 Å². The molecule has 0 atom stereocenters. The van der Waals surface area contributed by atoms with Gasteiger partial charge in [0.25, 0.3) is 5.91 Å². The lowest BCUT2D eigenvalue weighted by atomic mass is 9.87. The smallest absolute Gasteiger partial charge is 0.264 e. The molecule has 0 aromatic heterocycles.